The zero-order chi connectivity index (χ0) is 25.5. The van der Waals surface area contributed by atoms with E-state index in [2.05, 4.69) is 86.7 Å². The predicted octanol–water partition coefficient (Wildman–Crippen LogP) is 7.67. The molecule has 0 saturated heterocycles. The molecule has 7 rings (SSSR count). The number of hydrogen-bond acceptors (Lipinski definition) is 2. The monoisotopic (exact) mass is 489 g/mol. The van der Waals surface area contributed by atoms with Gasteiger partial charge in [0.05, 0.1) is 28.1 Å². The first-order valence-electron chi connectivity index (χ1n) is 14.0. The zero-order valence-corrected chi connectivity index (χ0v) is 22.6. The Kier molecular flexibility index (Phi) is 4.98. The lowest BCUT2D eigenvalue weighted by Gasteiger charge is -2.42. The lowest BCUT2D eigenvalue weighted by Crippen LogP contribution is -2.49. The van der Waals surface area contributed by atoms with Gasteiger partial charge in [-0.1, -0.05) is 70.5 Å². The SMILES string of the molecule is C=CC1C(CCOC)c2nc3ccccc3c3c2-c2c4c(cc(C(C)(C)C)cc4cc[n+]21)C31CCCC1. The van der Waals surface area contributed by atoms with Crippen molar-refractivity contribution < 1.29 is 9.30 Å². The van der Waals surface area contributed by atoms with Crippen molar-refractivity contribution in [3.63, 3.8) is 0 Å². The molecule has 2 aromatic carbocycles. The minimum Gasteiger partial charge on any atom is -0.385 e. The Morgan fingerprint density at radius 1 is 1.14 bits per heavy atom. The number of para-hydroxylation sites is 1. The third kappa shape index (κ3) is 3.04. The van der Waals surface area contributed by atoms with Crippen LogP contribution in [-0.2, 0) is 15.6 Å². The van der Waals surface area contributed by atoms with Crippen LogP contribution in [-0.4, -0.2) is 18.7 Å². The van der Waals surface area contributed by atoms with Gasteiger partial charge in [0.1, 0.15) is 0 Å². The van der Waals surface area contributed by atoms with Crippen LogP contribution in [0.5, 0.6) is 0 Å². The lowest BCUT2D eigenvalue weighted by atomic mass is 9.62. The third-order valence-electron chi connectivity index (χ3n) is 9.51. The van der Waals surface area contributed by atoms with E-state index in [-0.39, 0.29) is 22.8 Å². The van der Waals surface area contributed by atoms with Crippen molar-refractivity contribution in [1.29, 1.82) is 0 Å². The standard InChI is InChI=1S/C34H37N2O/c1-6-27-24(14-18-37-5)31-29-30(23-11-7-8-12-26(23)35-31)34(15-9-10-16-34)25-20-22(33(2,3)4)19-21-13-17-36(27)32(29)28(21)25/h6-8,11-13,17,19-20,24,27H,1,9-10,14-16,18H2,2-5H3/q+1. The second kappa shape index (κ2) is 7.98. The Balaban J connectivity index is 1.71. The van der Waals surface area contributed by atoms with Gasteiger partial charge in [0.2, 0.25) is 5.69 Å². The molecule has 188 valence electrons. The summed E-state index contributed by atoms with van der Waals surface area (Å²) in [7, 11) is 1.80. The Hall–Kier alpha value is -3.04. The van der Waals surface area contributed by atoms with Gasteiger partial charge in [-0.2, -0.15) is 4.57 Å². The second-order valence-electron chi connectivity index (χ2n) is 12.5. The number of aromatic nitrogens is 2. The van der Waals surface area contributed by atoms with E-state index in [0.29, 0.717) is 6.61 Å². The van der Waals surface area contributed by atoms with Gasteiger partial charge in [-0.25, -0.2) is 0 Å². The summed E-state index contributed by atoms with van der Waals surface area (Å²) in [4.78, 5) is 5.44. The molecule has 2 aromatic heterocycles. The third-order valence-corrected chi connectivity index (χ3v) is 9.51. The van der Waals surface area contributed by atoms with Gasteiger partial charge >= 0.3 is 0 Å². The number of pyridine rings is 2. The van der Waals surface area contributed by atoms with E-state index in [1.165, 1.54) is 69.9 Å². The summed E-state index contributed by atoms with van der Waals surface area (Å²) in [6.45, 7) is 12.1. The van der Waals surface area contributed by atoms with Gasteiger partial charge in [0, 0.05) is 30.6 Å². The second-order valence-corrected chi connectivity index (χ2v) is 12.5. The van der Waals surface area contributed by atoms with Gasteiger partial charge in [-0.3, -0.25) is 4.98 Å². The summed E-state index contributed by atoms with van der Waals surface area (Å²) >= 11 is 0. The molecule has 3 heteroatoms. The van der Waals surface area contributed by atoms with Crippen LogP contribution in [0.15, 0.2) is 61.3 Å². The summed E-state index contributed by atoms with van der Waals surface area (Å²) < 4.78 is 8.12. The van der Waals surface area contributed by atoms with Crippen molar-refractivity contribution in [2.24, 2.45) is 0 Å². The number of hydrogen-bond donors (Lipinski definition) is 0. The van der Waals surface area contributed by atoms with E-state index in [1.807, 2.05) is 0 Å². The maximum atomic E-state index is 5.61. The van der Waals surface area contributed by atoms with E-state index in [9.17, 15) is 0 Å². The highest BCUT2D eigenvalue weighted by molar-refractivity contribution is 6.05. The smallest absolute Gasteiger partial charge is 0.223 e. The quantitative estimate of drug-likeness (QED) is 0.217. The maximum absolute atomic E-state index is 5.61. The molecule has 4 aromatic rings. The van der Waals surface area contributed by atoms with Gasteiger partial charge < -0.3 is 4.74 Å². The van der Waals surface area contributed by atoms with Gasteiger partial charge in [-0.05, 0) is 58.9 Å². The van der Waals surface area contributed by atoms with Crippen LogP contribution in [0, 0.1) is 0 Å². The highest BCUT2D eigenvalue weighted by Crippen LogP contribution is 2.60. The van der Waals surface area contributed by atoms with Gasteiger partial charge in [-0.15, -0.1) is 0 Å². The van der Waals surface area contributed by atoms with Crippen molar-refractivity contribution in [1.82, 2.24) is 4.98 Å². The minimum atomic E-state index is 0.0329. The minimum absolute atomic E-state index is 0.0329. The summed E-state index contributed by atoms with van der Waals surface area (Å²) in [5.41, 5.74) is 9.78. The lowest BCUT2D eigenvalue weighted by molar-refractivity contribution is -0.706. The zero-order valence-electron chi connectivity index (χ0n) is 22.6. The first kappa shape index (κ1) is 23.1. The van der Waals surface area contributed by atoms with Gasteiger partial charge in [0.15, 0.2) is 12.2 Å². The number of methoxy groups -OCH3 is 1. The Morgan fingerprint density at radius 3 is 2.65 bits per heavy atom. The van der Waals surface area contributed by atoms with Crippen LogP contribution in [0.1, 0.15) is 87.2 Å². The van der Waals surface area contributed by atoms with E-state index >= 15 is 0 Å². The summed E-state index contributed by atoms with van der Waals surface area (Å²) in [5, 5.41) is 4.14. The molecule has 2 atom stereocenters. The fourth-order valence-electron chi connectivity index (χ4n) is 7.79. The average Bonchev–Trinajstić information content (AvgIpc) is 3.38. The normalized spacial score (nSPS) is 21.2. The van der Waals surface area contributed by atoms with Crippen molar-refractivity contribution >= 4 is 21.7 Å². The topological polar surface area (TPSA) is 26.0 Å². The number of rotatable bonds is 4. The highest BCUT2D eigenvalue weighted by Gasteiger charge is 2.52. The van der Waals surface area contributed by atoms with Crippen LogP contribution in [0.4, 0.5) is 0 Å². The molecule has 1 aliphatic heterocycles. The average molecular weight is 490 g/mol. The molecule has 1 fully saturated rings. The molecule has 2 aliphatic carbocycles. The van der Waals surface area contributed by atoms with Crippen LogP contribution in [0.3, 0.4) is 0 Å². The van der Waals surface area contributed by atoms with Crippen molar-refractivity contribution in [2.45, 2.75) is 75.7 Å². The molecule has 37 heavy (non-hydrogen) atoms. The number of benzene rings is 2. The molecule has 1 spiro atoms. The fraction of sp³-hybridized carbons (Fsp3) is 0.412. The molecule has 0 N–H and O–H groups in total. The molecular formula is C34H37N2O+. The largest absolute Gasteiger partial charge is 0.385 e. The van der Waals surface area contributed by atoms with E-state index in [4.69, 9.17) is 9.72 Å². The van der Waals surface area contributed by atoms with E-state index in [1.54, 1.807) is 12.7 Å². The molecule has 1 saturated carbocycles. The summed E-state index contributed by atoms with van der Waals surface area (Å²) in [5.74, 6) is 0.236. The fourth-order valence-corrected chi connectivity index (χ4v) is 7.79. The molecule has 2 unspecified atom stereocenters. The van der Waals surface area contributed by atoms with Crippen molar-refractivity contribution in [2.75, 3.05) is 13.7 Å². The first-order chi connectivity index (χ1) is 17.9. The van der Waals surface area contributed by atoms with Crippen molar-refractivity contribution in [3.05, 3.63) is 83.7 Å². The molecule has 0 radical (unpaired) electrons. The van der Waals surface area contributed by atoms with E-state index in [0.717, 1.165) is 11.9 Å². The summed E-state index contributed by atoms with van der Waals surface area (Å²) in [6.07, 6.45) is 10.3. The van der Waals surface area contributed by atoms with Crippen LogP contribution >= 0.6 is 0 Å². The van der Waals surface area contributed by atoms with Gasteiger partial charge in [0.25, 0.3) is 0 Å². The number of nitrogens with zero attached hydrogens (tertiary/aromatic N) is 2. The first-order valence-corrected chi connectivity index (χ1v) is 14.0. The molecule has 3 heterocycles. The molecule has 0 amide bonds. The number of fused-ring (bicyclic) bond motifs is 4. The predicted molar refractivity (Wildman–Crippen MR) is 151 cm³/mol. The Bertz CT molecular complexity index is 1590. The van der Waals surface area contributed by atoms with Crippen molar-refractivity contribution in [3.8, 4) is 11.3 Å². The number of ether oxygens (including phenoxy) is 1. The van der Waals surface area contributed by atoms with E-state index < -0.39 is 0 Å². The highest BCUT2D eigenvalue weighted by atomic mass is 16.5. The molecular weight excluding hydrogens is 452 g/mol. The molecule has 3 nitrogen and oxygen atoms in total. The maximum Gasteiger partial charge on any atom is 0.223 e. The Labute approximate surface area is 220 Å². The Morgan fingerprint density at radius 2 is 1.92 bits per heavy atom. The van der Waals surface area contributed by atoms with Crippen LogP contribution in [0.25, 0.3) is 32.9 Å². The van der Waals surface area contributed by atoms with Crippen LogP contribution < -0.4 is 4.57 Å². The molecule has 3 aliphatic rings. The molecule has 0 bridgehead atoms. The van der Waals surface area contributed by atoms with Crippen LogP contribution in [0.2, 0.25) is 0 Å². The number of allylic oxidation sites excluding steroid dienone is 1. The summed E-state index contributed by atoms with van der Waals surface area (Å²) in [6, 6.07) is 16.4.